The number of rotatable bonds is 15. The van der Waals surface area contributed by atoms with Crippen molar-refractivity contribution in [2.45, 2.75) is 11.0 Å². The van der Waals surface area contributed by atoms with Gasteiger partial charge in [0.2, 0.25) is 0 Å². The molecule has 0 saturated heterocycles. The molecule has 116 valence electrons. The van der Waals surface area contributed by atoms with Crippen LogP contribution in [0, 0.1) is 0 Å². The van der Waals surface area contributed by atoms with Gasteiger partial charge in [0.1, 0.15) is 4.11 Å². The fraction of sp³-hybridized carbons (Fsp3) is 1.00. The topological polar surface area (TPSA) is 66.4 Å². The van der Waals surface area contributed by atoms with Crippen LogP contribution in [0.15, 0.2) is 0 Å². The molecule has 0 aromatic carbocycles. The number of alkyl halides is 1. The van der Waals surface area contributed by atoms with E-state index in [9.17, 15) is 0 Å². The summed E-state index contributed by atoms with van der Waals surface area (Å²) in [6.07, 6.45) is 0. The van der Waals surface area contributed by atoms with Crippen LogP contribution in [-0.4, -0.2) is 75.3 Å². The SMILES string of the molecule is CCOCCOCCOCCOCCOCC(O)I. The second-order valence-electron chi connectivity index (χ2n) is 3.54. The van der Waals surface area contributed by atoms with E-state index in [1.807, 2.05) is 29.5 Å². The Kier molecular flexibility index (Phi) is 17.0. The highest BCUT2D eigenvalue weighted by Gasteiger charge is 1.96. The lowest BCUT2D eigenvalue weighted by atomic mass is 10.7. The van der Waals surface area contributed by atoms with Gasteiger partial charge in [-0.3, -0.25) is 0 Å². The molecule has 0 amide bonds. The molecule has 6 nitrogen and oxygen atoms in total. The van der Waals surface area contributed by atoms with Crippen molar-refractivity contribution in [3.8, 4) is 0 Å². The van der Waals surface area contributed by atoms with Crippen LogP contribution in [-0.2, 0) is 23.7 Å². The van der Waals surface area contributed by atoms with Gasteiger partial charge in [0.05, 0.1) is 59.5 Å². The maximum absolute atomic E-state index is 8.92. The molecule has 0 aliphatic heterocycles. The van der Waals surface area contributed by atoms with E-state index in [1.54, 1.807) is 0 Å². The molecule has 0 saturated carbocycles. The van der Waals surface area contributed by atoms with Gasteiger partial charge in [-0.05, 0) is 29.5 Å². The number of hydrogen-bond donors (Lipinski definition) is 1. The Balaban J connectivity index is 2.91. The number of hydrogen-bond acceptors (Lipinski definition) is 6. The molecule has 0 aromatic heterocycles. The minimum absolute atomic E-state index is 0.333. The molecule has 7 heteroatoms. The quantitative estimate of drug-likeness (QED) is 0.253. The summed E-state index contributed by atoms with van der Waals surface area (Å²) < 4.78 is 25.7. The minimum Gasteiger partial charge on any atom is -0.380 e. The fourth-order valence-electron chi connectivity index (χ4n) is 1.10. The first-order valence-electron chi connectivity index (χ1n) is 6.48. The second-order valence-corrected chi connectivity index (χ2v) is 4.98. The van der Waals surface area contributed by atoms with Crippen LogP contribution in [0.4, 0.5) is 0 Å². The zero-order chi connectivity index (χ0) is 14.2. The smallest absolute Gasteiger partial charge is 0.128 e. The molecule has 19 heavy (non-hydrogen) atoms. The monoisotopic (exact) mass is 392 g/mol. The Bertz CT molecular complexity index is 170. The summed E-state index contributed by atoms with van der Waals surface area (Å²) in [7, 11) is 0. The van der Waals surface area contributed by atoms with E-state index >= 15 is 0 Å². The standard InChI is InChI=1S/C12H25IO6/c1-2-15-3-4-16-5-6-17-7-8-18-9-10-19-11-12(13)14/h12,14H,2-11H2,1H3. The van der Waals surface area contributed by atoms with Crippen molar-refractivity contribution in [2.75, 3.05) is 66.1 Å². The molecular formula is C12H25IO6. The zero-order valence-corrected chi connectivity index (χ0v) is 13.7. The Hall–Kier alpha value is 0.490. The summed E-state index contributed by atoms with van der Waals surface area (Å²) in [6.45, 7) is 7.46. The minimum atomic E-state index is -0.455. The van der Waals surface area contributed by atoms with Crippen molar-refractivity contribution >= 4 is 22.6 Å². The Morgan fingerprint density at radius 3 is 1.47 bits per heavy atom. The first kappa shape index (κ1) is 19.5. The first-order chi connectivity index (χ1) is 9.27. The Morgan fingerprint density at radius 2 is 1.11 bits per heavy atom. The Morgan fingerprint density at radius 1 is 0.737 bits per heavy atom. The van der Waals surface area contributed by atoms with Gasteiger partial charge in [-0.25, -0.2) is 0 Å². The van der Waals surface area contributed by atoms with Crippen LogP contribution in [0.5, 0.6) is 0 Å². The highest BCUT2D eigenvalue weighted by atomic mass is 127. The van der Waals surface area contributed by atoms with E-state index in [0.29, 0.717) is 59.5 Å². The van der Waals surface area contributed by atoms with Crippen molar-refractivity contribution in [3.63, 3.8) is 0 Å². The lowest BCUT2D eigenvalue weighted by molar-refractivity contribution is -0.0133. The third-order valence-corrected chi connectivity index (χ3v) is 2.31. The molecule has 1 atom stereocenters. The lowest BCUT2D eigenvalue weighted by Gasteiger charge is -2.08. The highest BCUT2D eigenvalue weighted by Crippen LogP contribution is 1.94. The van der Waals surface area contributed by atoms with Gasteiger partial charge in [-0.15, -0.1) is 0 Å². The summed E-state index contributed by atoms with van der Waals surface area (Å²) in [6, 6.07) is 0. The van der Waals surface area contributed by atoms with Gasteiger partial charge in [0.25, 0.3) is 0 Å². The molecule has 0 spiro atoms. The molecule has 1 N–H and O–H groups in total. The van der Waals surface area contributed by atoms with Crippen LogP contribution in [0.2, 0.25) is 0 Å². The highest BCUT2D eigenvalue weighted by molar-refractivity contribution is 14.1. The normalized spacial score (nSPS) is 12.8. The first-order valence-corrected chi connectivity index (χ1v) is 7.72. The number of halogens is 1. The van der Waals surface area contributed by atoms with Gasteiger partial charge in [0, 0.05) is 6.61 Å². The predicted octanol–water partition coefficient (Wildman–Crippen LogP) is 0.843. The maximum Gasteiger partial charge on any atom is 0.128 e. The molecule has 0 radical (unpaired) electrons. The summed E-state index contributed by atoms with van der Waals surface area (Å²) in [5.74, 6) is 0. The van der Waals surface area contributed by atoms with Crippen LogP contribution in [0.3, 0.4) is 0 Å². The van der Waals surface area contributed by atoms with E-state index < -0.39 is 4.11 Å². The molecule has 0 aromatic rings. The number of aliphatic hydroxyl groups excluding tert-OH is 1. The zero-order valence-electron chi connectivity index (χ0n) is 11.5. The maximum atomic E-state index is 8.92. The van der Waals surface area contributed by atoms with E-state index in [-0.39, 0.29) is 0 Å². The average Bonchev–Trinajstić information content (AvgIpc) is 2.39. The molecule has 0 bridgehead atoms. The van der Waals surface area contributed by atoms with Gasteiger partial charge in [-0.1, -0.05) is 0 Å². The van der Waals surface area contributed by atoms with E-state index in [2.05, 4.69) is 0 Å². The molecule has 0 aliphatic carbocycles. The van der Waals surface area contributed by atoms with Crippen LogP contribution in [0.1, 0.15) is 6.92 Å². The van der Waals surface area contributed by atoms with Gasteiger partial charge < -0.3 is 28.8 Å². The van der Waals surface area contributed by atoms with Gasteiger partial charge in [0.15, 0.2) is 0 Å². The van der Waals surface area contributed by atoms with E-state index in [4.69, 9.17) is 28.8 Å². The Labute approximate surface area is 128 Å². The average molecular weight is 392 g/mol. The van der Waals surface area contributed by atoms with Crippen molar-refractivity contribution < 1.29 is 28.8 Å². The predicted molar refractivity (Wildman–Crippen MR) is 79.8 cm³/mol. The van der Waals surface area contributed by atoms with Gasteiger partial charge >= 0.3 is 0 Å². The molecular weight excluding hydrogens is 367 g/mol. The lowest BCUT2D eigenvalue weighted by Crippen LogP contribution is -2.14. The van der Waals surface area contributed by atoms with Crippen molar-refractivity contribution in [3.05, 3.63) is 0 Å². The number of aliphatic hydroxyl groups is 1. The summed E-state index contributed by atoms with van der Waals surface area (Å²) >= 11 is 1.89. The van der Waals surface area contributed by atoms with E-state index in [1.165, 1.54) is 0 Å². The van der Waals surface area contributed by atoms with Crippen LogP contribution < -0.4 is 0 Å². The summed E-state index contributed by atoms with van der Waals surface area (Å²) in [5, 5.41) is 8.92. The second kappa shape index (κ2) is 16.5. The largest absolute Gasteiger partial charge is 0.380 e. The van der Waals surface area contributed by atoms with E-state index in [0.717, 1.165) is 6.61 Å². The van der Waals surface area contributed by atoms with Crippen LogP contribution >= 0.6 is 22.6 Å². The summed E-state index contributed by atoms with van der Waals surface area (Å²) in [4.78, 5) is 0. The van der Waals surface area contributed by atoms with Crippen LogP contribution in [0.25, 0.3) is 0 Å². The van der Waals surface area contributed by atoms with Crippen molar-refractivity contribution in [2.24, 2.45) is 0 Å². The fourth-order valence-corrected chi connectivity index (χ4v) is 1.36. The molecule has 0 rings (SSSR count). The van der Waals surface area contributed by atoms with Crippen molar-refractivity contribution in [1.82, 2.24) is 0 Å². The summed E-state index contributed by atoms with van der Waals surface area (Å²) in [5.41, 5.74) is 0. The molecule has 1 unspecified atom stereocenters. The molecule has 0 fully saturated rings. The third kappa shape index (κ3) is 18.5. The molecule has 0 heterocycles. The van der Waals surface area contributed by atoms with Gasteiger partial charge in [-0.2, -0.15) is 0 Å². The third-order valence-electron chi connectivity index (χ3n) is 1.95. The van der Waals surface area contributed by atoms with Crippen molar-refractivity contribution in [1.29, 1.82) is 0 Å². The number of ether oxygens (including phenoxy) is 5. The molecule has 0 aliphatic rings.